The quantitative estimate of drug-likeness (QED) is 0.530. The molecule has 0 aliphatic carbocycles. The van der Waals surface area contributed by atoms with Gasteiger partial charge >= 0.3 is 0 Å². The molecule has 3 fully saturated rings. The Morgan fingerprint density at radius 2 is 1.97 bits per heavy atom. The first-order valence-electron chi connectivity index (χ1n) is 11.6. The van der Waals surface area contributed by atoms with E-state index < -0.39 is 35.1 Å². The van der Waals surface area contributed by atoms with Crippen LogP contribution in [0.25, 0.3) is 0 Å². The predicted octanol–water partition coefficient (Wildman–Crippen LogP) is 1.69. The number of amides is 3. The molecule has 3 amide bonds. The highest BCUT2D eigenvalue weighted by Crippen LogP contribution is 2.63. The van der Waals surface area contributed by atoms with Gasteiger partial charge in [0.2, 0.25) is 17.7 Å². The number of aliphatic hydroxyl groups excluding tert-OH is 1. The molecular weight excluding hydrogens is 410 g/mol. The fraction of sp³-hybridized carbons (Fsp3) is 0.625. The van der Waals surface area contributed by atoms with E-state index in [9.17, 15) is 19.5 Å². The van der Waals surface area contributed by atoms with Crippen molar-refractivity contribution in [1.82, 2.24) is 10.2 Å². The highest BCUT2D eigenvalue weighted by molar-refractivity contribution is 6.02. The van der Waals surface area contributed by atoms with Gasteiger partial charge in [0.25, 0.3) is 0 Å². The molecule has 1 aromatic carbocycles. The van der Waals surface area contributed by atoms with Crippen LogP contribution in [-0.4, -0.2) is 64.2 Å². The van der Waals surface area contributed by atoms with Gasteiger partial charge in [-0.25, -0.2) is 0 Å². The van der Waals surface area contributed by atoms with Crippen LogP contribution < -0.4 is 10.6 Å². The number of rotatable bonds is 8. The van der Waals surface area contributed by atoms with Gasteiger partial charge in [-0.2, -0.15) is 0 Å². The SMILES string of the molecule is CCCCNC(=O)C1N([C@H](C)CO)C(=O)[C@@H]2[C@@H](C(=O)Nc3ccccc3)[C@@]3(C)CCC12O3. The number of fused-ring (bicyclic) bond motifs is 1. The predicted molar refractivity (Wildman–Crippen MR) is 119 cm³/mol. The lowest BCUT2D eigenvalue weighted by Gasteiger charge is -2.35. The molecule has 0 radical (unpaired) electrons. The van der Waals surface area contributed by atoms with Crippen LogP contribution in [0.5, 0.6) is 0 Å². The second-order valence-electron chi connectivity index (χ2n) is 9.50. The Bertz CT molecular complexity index is 893. The third-order valence-electron chi connectivity index (χ3n) is 7.36. The first kappa shape index (κ1) is 22.7. The smallest absolute Gasteiger partial charge is 0.245 e. The number of likely N-dealkylation sites (tertiary alicyclic amines) is 1. The van der Waals surface area contributed by atoms with Crippen LogP contribution >= 0.6 is 0 Å². The number of hydrogen-bond acceptors (Lipinski definition) is 5. The summed E-state index contributed by atoms with van der Waals surface area (Å²) >= 11 is 0. The highest BCUT2D eigenvalue weighted by Gasteiger charge is 2.78. The molecule has 3 heterocycles. The number of hydrogen-bond donors (Lipinski definition) is 3. The molecule has 3 aliphatic rings. The number of carbonyl (C=O) groups excluding carboxylic acids is 3. The third kappa shape index (κ3) is 3.40. The second kappa shape index (κ2) is 8.48. The van der Waals surface area contributed by atoms with E-state index in [-0.39, 0.29) is 24.3 Å². The first-order valence-corrected chi connectivity index (χ1v) is 11.6. The number of carbonyl (C=O) groups is 3. The van der Waals surface area contributed by atoms with Crippen LogP contribution in [0.15, 0.2) is 30.3 Å². The number of nitrogens with one attached hydrogen (secondary N) is 2. The molecule has 4 rings (SSSR count). The normalized spacial score (nSPS) is 33.8. The molecule has 1 spiro atoms. The minimum absolute atomic E-state index is 0.272. The summed E-state index contributed by atoms with van der Waals surface area (Å²) in [6, 6.07) is 7.70. The van der Waals surface area contributed by atoms with Crippen LogP contribution in [0.2, 0.25) is 0 Å². The summed E-state index contributed by atoms with van der Waals surface area (Å²) in [5.74, 6) is -2.32. The molecule has 3 N–H and O–H groups in total. The van der Waals surface area contributed by atoms with Gasteiger partial charge in [-0.05, 0) is 45.2 Å². The van der Waals surface area contributed by atoms with Crippen LogP contribution in [0.1, 0.15) is 46.5 Å². The zero-order valence-electron chi connectivity index (χ0n) is 19.0. The Kier molecular flexibility index (Phi) is 6.02. The minimum Gasteiger partial charge on any atom is -0.394 e. The number of benzene rings is 1. The molecule has 8 heteroatoms. The molecule has 6 atom stereocenters. The van der Waals surface area contributed by atoms with Crippen molar-refractivity contribution in [2.45, 2.75) is 69.7 Å². The molecule has 1 aromatic rings. The zero-order valence-corrected chi connectivity index (χ0v) is 19.0. The largest absolute Gasteiger partial charge is 0.394 e. The molecule has 174 valence electrons. The van der Waals surface area contributed by atoms with Crippen molar-refractivity contribution in [3.63, 3.8) is 0 Å². The lowest BCUT2D eigenvalue weighted by atomic mass is 9.66. The summed E-state index contributed by atoms with van der Waals surface area (Å²) in [7, 11) is 0. The maximum absolute atomic E-state index is 13.7. The lowest BCUT2D eigenvalue weighted by Crippen LogP contribution is -2.57. The van der Waals surface area contributed by atoms with Crippen LogP contribution in [0, 0.1) is 11.8 Å². The van der Waals surface area contributed by atoms with Gasteiger partial charge in [0.1, 0.15) is 11.6 Å². The number of aliphatic hydroxyl groups is 1. The fourth-order valence-electron chi connectivity index (χ4n) is 5.85. The van der Waals surface area contributed by atoms with Crippen molar-refractivity contribution < 1.29 is 24.2 Å². The van der Waals surface area contributed by atoms with Gasteiger partial charge in [0.05, 0.1) is 30.1 Å². The van der Waals surface area contributed by atoms with Crippen LogP contribution in [0.3, 0.4) is 0 Å². The Morgan fingerprint density at radius 1 is 1.25 bits per heavy atom. The molecule has 32 heavy (non-hydrogen) atoms. The standard InChI is InChI=1S/C24H33N3O5/c1-4-5-13-25-21(30)19-24-12-11-23(3,32-24)17(18(24)22(31)27(19)15(2)14-28)20(29)26-16-9-7-6-8-10-16/h6-10,15,17-19,28H,4-5,11-14H2,1-3H3,(H,25,30)(H,26,29)/t15-,17+,18+,19?,23-,24?/m1/s1. The minimum atomic E-state index is -1.07. The van der Waals surface area contributed by atoms with Crippen molar-refractivity contribution in [2.24, 2.45) is 11.8 Å². The molecular formula is C24H33N3O5. The van der Waals surface area contributed by atoms with E-state index in [1.807, 2.05) is 32.0 Å². The van der Waals surface area contributed by atoms with E-state index in [4.69, 9.17) is 4.74 Å². The number of para-hydroxylation sites is 1. The van der Waals surface area contributed by atoms with Crippen LogP contribution in [-0.2, 0) is 19.1 Å². The maximum Gasteiger partial charge on any atom is 0.245 e. The molecule has 8 nitrogen and oxygen atoms in total. The van der Waals surface area contributed by atoms with E-state index >= 15 is 0 Å². The van der Waals surface area contributed by atoms with Crippen molar-refractivity contribution >= 4 is 23.4 Å². The Morgan fingerprint density at radius 3 is 2.62 bits per heavy atom. The monoisotopic (exact) mass is 443 g/mol. The second-order valence-corrected chi connectivity index (χ2v) is 9.50. The van der Waals surface area contributed by atoms with Gasteiger partial charge < -0.3 is 25.4 Å². The molecule has 3 saturated heterocycles. The van der Waals surface area contributed by atoms with Gasteiger partial charge in [0.15, 0.2) is 0 Å². The topological polar surface area (TPSA) is 108 Å². The van der Waals surface area contributed by atoms with E-state index in [1.54, 1.807) is 19.1 Å². The summed E-state index contributed by atoms with van der Waals surface area (Å²) in [4.78, 5) is 41.9. The molecule has 3 aliphatic heterocycles. The number of nitrogens with zero attached hydrogens (tertiary/aromatic N) is 1. The summed E-state index contributed by atoms with van der Waals surface area (Å²) in [5, 5.41) is 15.7. The average Bonchev–Trinajstić information content (AvgIpc) is 3.34. The van der Waals surface area contributed by atoms with Crippen molar-refractivity contribution in [2.75, 3.05) is 18.5 Å². The number of anilines is 1. The fourth-order valence-corrected chi connectivity index (χ4v) is 5.85. The number of ether oxygens (including phenoxy) is 1. The molecule has 0 saturated carbocycles. The maximum atomic E-state index is 13.7. The highest BCUT2D eigenvalue weighted by atomic mass is 16.5. The summed E-state index contributed by atoms with van der Waals surface area (Å²) in [6.45, 7) is 5.87. The van der Waals surface area contributed by atoms with Crippen molar-refractivity contribution in [3.05, 3.63) is 30.3 Å². The van der Waals surface area contributed by atoms with Gasteiger partial charge in [0, 0.05) is 12.2 Å². The lowest BCUT2D eigenvalue weighted by molar-refractivity contribution is -0.148. The van der Waals surface area contributed by atoms with E-state index in [1.165, 1.54) is 4.90 Å². The van der Waals surface area contributed by atoms with Crippen molar-refractivity contribution in [3.8, 4) is 0 Å². The van der Waals surface area contributed by atoms with E-state index in [2.05, 4.69) is 10.6 Å². The summed E-state index contributed by atoms with van der Waals surface area (Å²) in [5.41, 5.74) is -1.24. The van der Waals surface area contributed by atoms with Crippen molar-refractivity contribution in [1.29, 1.82) is 0 Å². The Balaban J connectivity index is 1.69. The first-order chi connectivity index (χ1) is 15.3. The van der Waals surface area contributed by atoms with Gasteiger partial charge in [-0.15, -0.1) is 0 Å². The van der Waals surface area contributed by atoms with Gasteiger partial charge in [-0.1, -0.05) is 31.5 Å². The summed E-state index contributed by atoms with van der Waals surface area (Å²) < 4.78 is 6.51. The molecule has 0 aromatic heterocycles. The molecule has 2 unspecified atom stereocenters. The van der Waals surface area contributed by atoms with Crippen LogP contribution in [0.4, 0.5) is 5.69 Å². The zero-order chi connectivity index (χ0) is 23.1. The third-order valence-corrected chi connectivity index (χ3v) is 7.36. The van der Waals surface area contributed by atoms with Gasteiger partial charge in [-0.3, -0.25) is 14.4 Å². The number of unbranched alkanes of at least 4 members (excludes halogenated alkanes) is 1. The average molecular weight is 444 g/mol. The Hall–Kier alpha value is -2.45. The van der Waals surface area contributed by atoms with E-state index in [0.29, 0.717) is 25.1 Å². The van der Waals surface area contributed by atoms with E-state index in [0.717, 1.165) is 12.8 Å². The summed E-state index contributed by atoms with van der Waals surface area (Å²) in [6.07, 6.45) is 2.88. The molecule has 2 bridgehead atoms. The Labute approximate surface area is 188 Å².